The fourth-order valence-corrected chi connectivity index (χ4v) is 4.55. The van der Waals surface area contributed by atoms with E-state index in [9.17, 15) is 4.79 Å². The first-order valence-corrected chi connectivity index (χ1v) is 23.3. The predicted molar refractivity (Wildman–Crippen MR) is 124 cm³/mol. The fraction of sp³-hybridized carbons (Fsp3) is 0.941. The normalized spacial score (nSPS) is 14.2. The lowest BCUT2D eigenvalue weighted by atomic mass is 10.0. The van der Waals surface area contributed by atoms with Gasteiger partial charge < -0.3 is 23.0 Å². The van der Waals surface area contributed by atoms with Crippen molar-refractivity contribution >= 4 is 39.4 Å². The van der Waals surface area contributed by atoms with Gasteiger partial charge in [0.2, 0.25) is 8.32 Å². The van der Waals surface area contributed by atoms with Crippen LogP contribution in [0.5, 0.6) is 0 Å². The van der Waals surface area contributed by atoms with E-state index in [1.807, 2.05) is 19.6 Å². The molecule has 0 atom stereocenters. The summed E-state index contributed by atoms with van der Waals surface area (Å²) in [5.74, 6) is 0. The monoisotopic (exact) mass is 453 g/mol. The minimum atomic E-state index is -2.01. The minimum absolute atomic E-state index is 0.360. The number of rotatable bonds is 11. The van der Waals surface area contributed by atoms with Crippen LogP contribution in [0.4, 0.5) is 4.79 Å². The molecule has 0 aliphatic heterocycles. The Labute approximate surface area is 171 Å². The molecule has 6 nitrogen and oxygen atoms in total. The Kier molecular flexibility index (Phi) is 9.68. The molecule has 0 aromatic heterocycles. The second-order valence-corrected chi connectivity index (χ2v) is 29.1. The summed E-state index contributed by atoms with van der Waals surface area (Å²) in [4.78, 5) is 12.6. The highest BCUT2D eigenvalue weighted by atomic mass is 28.4. The van der Waals surface area contributed by atoms with Crippen LogP contribution in [0.2, 0.25) is 78.6 Å². The molecular formula is C17H43NO5Si4. The number of carbonyl (C=O) groups is 1. The summed E-state index contributed by atoms with van der Waals surface area (Å²) in [5.41, 5.74) is -0.752. The van der Waals surface area contributed by atoms with E-state index in [0.717, 1.165) is 0 Å². The zero-order valence-electron chi connectivity index (χ0n) is 19.7. The third kappa shape index (κ3) is 15.6. The van der Waals surface area contributed by atoms with Crippen molar-refractivity contribution in [2.24, 2.45) is 0 Å². The lowest BCUT2D eigenvalue weighted by Crippen LogP contribution is -2.62. The van der Waals surface area contributed by atoms with Crippen LogP contribution in [0, 0.1) is 0 Å². The summed E-state index contributed by atoms with van der Waals surface area (Å²) in [7, 11) is -7.37. The average molecular weight is 454 g/mol. The average Bonchev–Trinajstić information content (AvgIpc) is 2.35. The molecule has 0 aromatic rings. The second kappa shape index (κ2) is 9.68. The highest BCUT2D eigenvalue weighted by Crippen LogP contribution is 2.19. The standard InChI is InChI=1S/C17H43NO5Si4/c1-24(2,3)20-13-17(14-21-25(4,5)6,15-22-26(7,8)9)18-16(19)23-27(10,11)12/h13-15H2,1-12H3,(H,18,19). The van der Waals surface area contributed by atoms with Gasteiger partial charge in [-0.05, 0) is 78.6 Å². The molecule has 0 aliphatic rings. The van der Waals surface area contributed by atoms with E-state index in [4.69, 9.17) is 17.7 Å². The van der Waals surface area contributed by atoms with Crippen LogP contribution in [0.1, 0.15) is 0 Å². The molecule has 0 radical (unpaired) electrons. The number of amides is 1. The SMILES string of the molecule is C[Si](C)(C)OCC(CO[Si](C)(C)C)(CO[Si](C)(C)C)NC(=O)O[Si](C)(C)C. The van der Waals surface area contributed by atoms with Crippen LogP contribution in [0.3, 0.4) is 0 Å². The molecule has 162 valence electrons. The summed E-state index contributed by atoms with van der Waals surface area (Å²) >= 11 is 0. The third-order valence-corrected chi connectivity index (χ3v) is 6.94. The summed E-state index contributed by atoms with van der Waals surface area (Å²) in [6, 6.07) is 0. The molecule has 0 rings (SSSR count). The Morgan fingerprint density at radius 1 is 0.630 bits per heavy atom. The van der Waals surface area contributed by atoms with Crippen molar-refractivity contribution < 1.29 is 22.5 Å². The third-order valence-electron chi connectivity index (χ3n) is 3.11. The van der Waals surface area contributed by atoms with Gasteiger partial charge >= 0.3 is 6.09 Å². The maximum absolute atomic E-state index is 12.6. The van der Waals surface area contributed by atoms with Gasteiger partial charge in [-0.2, -0.15) is 0 Å². The molecule has 0 aliphatic carbocycles. The first-order chi connectivity index (χ1) is 11.7. The van der Waals surface area contributed by atoms with Gasteiger partial charge in [0.05, 0.1) is 19.8 Å². The molecule has 0 heterocycles. The van der Waals surface area contributed by atoms with Crippen LogP contribution >= 0.6 is 0 Å². The first-order valence-electron chi connectivity index (χ1n) is 9.65. The van der Waals surface area contributed by atoms with Gasteiger partial charge in [-0.15, -0.1) is 0 Å². The van der Waals surface area contributed by atoms with Crippen LogP contribution in [0.25, 0.3) is 0 Å². The lowest BCUT2D eigenvalue weighted by Gasteiger charge is -2.39. The largest absolute Gasteiger partial charge is 0.504 e. The minimum Gasteiger partial charge on any atom is -0.504 e. The van der Waals surface area contributed by atoms with Crippen LogP contribution in [0.15, 0.2) is 0 Å². The lowest BCUT2D eigenvalue weighted by molar-refractivity contribution is 0.0610. The maximum Gasteiger partial charge on any atom is 0.394 e. The van der Waals surface area contributed by atoms with Crippen molar-refractivity contribution in [3.8, 4) is 0 Å². The zero-order chi connectivity index (χ0) is 21.7. The van der Waals surface area contributed by atoms with E-state index >= 15 is 0 Å². The molecule has 0 aromatic carbocycles. The highest BCUT2D eigenvalue weighted by molar-refractivity contribution is 6.71. The van der Waals surface area contributed by atoms with Gasteiger partial charge in [0.25, 0.3) is 0 Å². The number of nitrogens with one attached hydrogen (secondary N) is 1. The molecular weight excluding hydrogens is 411 g/mol. The van der Waals surface area contributed by atoms with E-state index in [2.05, 4.69) is 64.2 Å². The van der Waals surface area contributed by atoms with Gasteiger partial charge in [-0.25, -0.2) is 4.79 Å². The molecule has 0 fully saturated rings. The smallest absolute Gasteiger partial charge is 0.394 e. The molecule has 0 bridgehead atoms. The Bertz CT molecular complexity index is 430. The Hall–Kier alpha value is 0.0175. The molecule has 0 unspecified atom stereocenters. The van der Waals surface area contributed by atoms with Gasteiger partial charge in [-0.1, -0.05) is 0 Å². The number of hydrogen-bond acceptors (Lipinski definition) is 5. The van der Waals surface area contributed by atoms with Gasteiger partial charge in [0.15, 0.2) is 25.0 Å². The summed E-state index contributed by atoms with van der Waals surface area (Å²) in [6.07, 6.45) is -0.410. The summed E-state index contributed by atoms with van der Waals surface area (Å²) in [6.45, 7) is 26.3. The van der Waals surface area contributed by atoms with Crippen molar-refractivity contribution in [3.05, 3.63) is 0 Å². The van der Waals surface area contributed by atoms with Crippen LogP contribution < -0.4 is 5.32 Å². The van der Waals surface area contributed by atoms with Crippen molar-refractivity contribution in [1.82, 2.24) is 5.32 Å². The quantitative estimate of drug-likeness (QED) is 0.453. The van der Waals surface area contributed by atoms with Crippen molar-refractivity contribution in [1.29, 1.82) is 0 Å². The summed E-state index contributed by atoms with van der Waals surface area (Å²) in [5, 5.41) is 3.07. The molecule has 1 N–H and O–H groups in total. The second-order valence-electron chi connectivity index (χ2n) is 11.1. The first kappa shape index (κ1) is 27.0. The van der Waals surface area contributed by atoms with E-state index in [0.29, 0.717) is 19.8 Å². The molecule has 0 spiro atoms. The fourth-order valence-electron chi connectivity index (χ4n) is 1.82. The Balaban J connectivity index is 5.61. The zero-order valence-corrected chi connectivity index (χ0v) is 23.7. The van der Waals surface area contributed by atoms with Gasteiger partial charge in [0, 0.05) is 0 Å². The molecule has 27 heavy (non-hydrogen) atoms. The van der Waals surface area contributed by atoms with E-state index < -0.39 is 44.9 Å². The van der Waals surface area contributed by atoms with Gasteiger partial charge in [0.1, 0.15) is 5.54 Å². The Morgan fingerprint density at radius 2 is 0.926 bits per heavy atom. The van der Waals surface area contributed by atoms with Crippen LogP contribution in [-0.2, 0) is 17.7 Å². The molecule has 1 amide bonds. The van der Waals surface area contributed by atoms with Gasteiger partial charge in [-0.3, -0.25) is 0 Å². The van der Waals surface area contributed by atoms with Crippen LogP contribution in [-0.4, -0.2) is 64.7 Å². The van der Waals surface area contributed by atoms with Crippen molar-refractivity contribution in [2.45, 2.75) is 84.1 Å². The maximum atomic E-state index is 12.6. The van der Waals surface area contributed by atoms with E-state index in [-0.39, 0.29) is 0 Å². The molecule has 0 saturated heterocycles. The molecule has 0 saturated carbocycles. The van der Waals surface area contributed by atoms with E-state index in [1.165, 1.54) is 0 Å². The highest BCUT2D eigenvalue weighted by Gasteiger charge is 2.39. The topological polar surface area (TPSA) is 66.0 Å². The Morgan fingerprint density at radius 3 is 1.15 bits per heavy atom. The predicted octanol–water partition coefficient (Wildman–Crippen LogP) is 4.84. The summed E-state index contributed by atoms with van der Waals surface area (Å²) < 4.78 is 24.3. The number of carbonyl (C=O) groups excluding carboxylic acids is 1. The molecule has 10 heteroatoms. The van der Waals surface area contributed by atoms with Crippen molar-refractivity contribution in [3.63, 3.8) is 0 Å². The van der Waals surface area contributed by atoms with E-state index in [1.54, 1.807) is 0 Å². The van der Waals surface area contributed by atoms with Crippen molar-refractivity contribution in [2.75, 3.05) is 19.8 Å². The number of hydrogen-bond donors (Lipinski definition) is 1.